The van der Waals surface area contributed by atoms with Crippen molar-refractivity contribution in [3.05, 3.63) is 51.5 Å². The summed E-state index contributed by atoms with van der Waals surface area (Å²) in [4.78, 5) is 7.17. The Morgan fingerprint density at radius 3 is 2.94 bits per heavy atom. The maximum absolute atomic E-state index is 6.12. The van der Waals surface area contributed by atoms with Crippen LogP contribution in [0.5, 0.6) is 0 Å². The molecule has 0 bridgehead atoms. The van der Waals surface area contributed by atoms with Gasteiger partial charge in [-0.3, -0.25) is 0 Å². The van der Waals surface area contributed by atoms with Crippen molar-refractivity contribution in [2.24, 2.45) is 5.73 Å². The summed E-state index contributed by atoms with van der Waals surface area (Å²) in [7, 11) is 0. The molecule has 84 valence electrons. The Labute approximate surface area is 107 Å². The third-order valence-corrected chi connectivity index (χ3v) is 3.15. The lowest BCUT2D eigenvalue weighted by Crippen LogP contribution is -2.14. The number of hydrogen-bond acceptors (Lipinski definition) is 2. The summed E-state index contributed by atoms with van der Waals surface area (Å²) in [5.74, 6) is 0.867. The van der Waals surface area contributed by atoms with Crippen molar-refractivity contribution < 1.29 is 0 Å². The minimum atomic E-state index is -0.147. The lowest BCUT2D eigenvalue weighted by molar-refractivity contribution is 0.694. The van der Waals surface area contributed by atoms with Gasteiger partial charge in [-0.05, 0) is 17.7 Å². The van der Waals surface area contributed by atoms with Crippen molar-refractivity contribution in [3.8, 4) is 0 Å². The number of nitrogens with one attached hydrogen (secondary N) is 1. The molecule has 0 aliphatic carbocycles. The largest absolute Gasteiger partial charge is 0.349 e. The van der Waals surface area contributed by atoms with Crippen LogP contribution in [0.15, 0.2) is 35.1 Å². The molecule has 0 saturated carbocycles. The third kappa shape index (κ3) is 2.64. The van der Waals surface area contributed by atoms with Gasteiger partial charge in [0, 0.05) is 34.4 Å². The SMILES string of the molecule is NC(Cc1ncc[nH]1)c1ccc(Br)cc1Cl. The van der Waals surface area contributed by atoms with Crippen LogP contribution in [0.2, 0.25) is 5.02 Å². The molecule has 2 rings (SSSR count). The van der Waals surface area contributed by atoms with Gasteiger partial charge in [0.2, 0.25) is 0 Å². The molecule has 3 N–H and O–H groups in total. The number of aromatic amines is 1. The van der Waals surface area contributed by atoms with E-state index in [0.717, 1.165) is 15.9 Å². The average molecular weight is 301 g/mol. The van der Waals surface area contributed by atoms with Crippen LogP contribution in [0, 0.1) is 0 Å². The number of nitrogens with zero attached hydrogens (tertiary/aromatic N) is 1. The predicted octanol–water partition coefficient (Wildman–Crippen LogP) is 3.07. The molecule has 2 aromatic rings. The maximum atomic E-state index is 6.12. The first-order valence-corrected chi connectivity index (χ1v) is 6.02. The average Bonchev–Trinajstić information content (AvgIpc) is 2.70. The van der Waals surface area contributed by atoms with E-state index in [-0.39, 0.29) is 6.04 Å². The Kier molecular flexibility index (Phi) is 3.63. The maximum Gasteiger partial charge on any atom is 0.107 e. The normalized spacial score (nSPS) is 12.7. The number of benzene rings is 1. The van der Waals surface area contributed by atoms with Gasteiger partial charge in [0.15, 0.2) is 0 Å². The number of aromatic nitrogens is 2. The molecule has 0 fully saturated rings. The molecule has 0 amide bonds. The van der Waals surface area contributed by atoms with E-state index < -0.39 is 0 Å². The first-order chi connectivity index (χ1) is 7.66. The number of halogens is 2. The van der Waals surface area contributed by atoms with Crippen molar-refractivity contribution in [2.45, 2.75) is 12.5 Å². The monoisotopic (exact) mass is 299 g/mol. The molecule has 0 radical (unpaired) electrons. The van der Waals surface area contributed by atoms with Crippen LogP contribution >= 0.6 is 27.5 Å². The van der Waals surface area contributed by atoms with Gasteiger partial charge < -0.3 is 10.7 Å². The Balaban J connectivity index is 2.17. The highest BCUT2D eigenvalue weighted by atomic mass is 79.9. The van der Waals surface area contributed by atoms with Gasteiger partial charge in [0.1, 0.15) is 5.82 Å². The second kappa shape index (κ2) is 4.99. The van der Waals surface area contributed by atoms with Crippen LogP contribution in [-0.2, 0) is 6.42 Å². The number of hydrogen-bond donors (Lipinski definition) is 2. The molecular weight excluding hydrogens is 289 g/mol. The lowest BCUT2D eigenvalue weighted by Gasteiger charge is -2.12. The number of rotatable bonds is 3. The van der Waals surface area contributed by atoms with Gasteiger partial charge in [-0.1, -0.05) is 33.6 Å². The molecule has 0 aliphatic heterocycles. The Morgan fingerprint density at radius 2 is 2.31 bits per heavy atom. The second-order valence-electron chi connectivity index (χ2n) is 3.51. The van der Waals surface area contributed by atoms with E-state index in [2.05, 4.69) is 25.9 Å². The molecule has 1 atom stereocenters. The Hall–Kier alpha value is -0.840. The molecule has 3 nitrogen and oxygen atoms in total. The topological polar surface area (TPSA) is 54.7 Å². The molecule has 5 heteroatoms. The molecule has 1 aromatic heterocycles. The van der Waals surface area contributed by atoms with E-state index in [4.69, 9.17) is 17.3 Å². The van der Waals surface area contributed by atoms with Crippen molar-refractivity contribution in [3.63, 3.8) is 0 Å². The van der Waals surface area contributed by atoms with Crippen molar-refractivity contribution in [2.75, 3.05) is 0 Å². The lowest BCUT2D eigenvalue weighted by atomic mass is 10.0. The van der Waals surface area contributed by atoms with Crippen LogP contribution in [0.4, 0.5) is 0 Å². The third-order valence-electron chi connectivity index (χ3n) is 2.33. The Morgan fingerprint density at radius 1 is 1.50 bits per heavy atom. The summed E-state index contributed by atoms with van der Waals surface area (Å²) >= 11 is 9.49. The molecule has 0 aliphatic rings. The van der Waals surface area contributed by atoms with Crippen LogP contribution in [0.1, 0.15) is 17.4 Å². The van der Waals surface area contributed by atoms with Crippen LogP contribution in [0.25, 0.3) is 0 Å². The van der Waals surface area contributed by atoms with Crippen LogP contribution < -0.4 is 5.73 Å². The first-order valence-electron chi connectivity index (χ1n) is 4.85. The summed E-state index contributed by atoms with van der Waals surface area (Å²) in [6.45, 7) is 0. The quantitative estimate of drug-likeness (QED) is 0.915. The molecule has 0 spiro atoms. The van der Waals surface area contributed by atoms with Crippen LogP contribution in [-0.4, -0.2) is 9.97 Å². The molecule has 1 heterocycles. The van der Waals surface area contributed by atoms with Gasteiger partial charge in [-0.15, -0.1) is 0 Å². The van der Waals surface area contributed by atoms with Crippen molar-refractivity contribution >= 4 is 27.5 Å². The van der Waals surface area contributed by atoms with E-state index in [1.54, 1.807) is 12.4 Å². The second-order valence-corrected chi connectivity index (χ2v) is 4.84. The van der Waals surface area contributed by atoms with Gasteiger partial charge in [-0.2, -0.15) is 0 Å². The molecule has 1 aromatic carbocycles. The van der Waals surface area contributed by atoms with E-state index in [9.17, 15) is 0 Å². The summed E-state index contributed by atoms with van der Waals surface area (Å²) in [6.07, 6.45) is 4.14. The van der Waals surface area contributed by atoms with Crippen LogP contribution in [0.3, 0.4) is 0 Å². The molecule has 1 unspecified atom stereocenters. The van der Waals surface area contributed by atoms with Gasteiger partial charge in [0.05, 0.1) is 0 Å². The van der Waals surface area contributed by atoms with E-state index in [1.165, 1.54) is 0 Å². The highest BCUT2D eigenvalue weighted by Gasteiger charge is 2.12. The minimum Gasteiger partial charge on any atom is -0.349 e. The fourth-order valence-electron chi connectivity index (χ4n) is 1.53. The van der Waals surface area contributed by atoms with Gasteiger partial charge in [-0.25, -0.2) is 4.98 Å². The molecular formula is C11H11BrClN3. The van der Waals surface area contributed by atoms with Crippen molar-refractivity contribution in [1.29, 1.82) is 0 Å². The smallest absolute Gasteiger partial charge is 0.107 e. The van der Waals surface area contributed by atoms with E-state index in [1.807, 2.05) is 18.2 Å². The van der Waals surface area contributed by atoms with E-state index >= 15 is 0 Å². The zero-order valence-electron chi connectivity index (χ0n) is 8.45. The van der Waals surface area contributed by atoms with E-state index in [0.29, 0.717) is 11.4 Å². The zero-order valence-corrected chi connectivity index (χ0v) is 10.8. The Bertz CT molecular complexity index is 470. The number of imidazole rings is 1. The van der Waals surface area contributed by atoms with Gasteiger partial charge >= 0.3 is 0 Å². The molecule has 0 saturated heterocycles. The highest BCUT2D eigenvalue weighted by Crippen LogP contribution is 2.26. The molecule has 16 heavy (non-hydrogen) atoms. The number of nitrogens with two attached hydrogens (primary N) is 1. The fraction of sp³-hybridized carbons (Fsp3) is 0.182. The fourth-order valence-corrected chi connectivity index (χ4v) is 2.34. The summed E-state index contributed by atoms with van der Waals surface area (Å²) in [5, 5.41) is 0.674. The number of H-pyrrole nitrogens is 1. The summed E-state index contributed by atoms with van der Waals surface area (Å²) in [6, 6.07) is 5.56. The zero-order chi connectivity index (χ0) is 11.5. The van der Waals surface area contributed by atoms with Gasteiger partial charge in [0.25, 0.3) is 0 Å². The highest BCUT2D eigenvalue weighted by molar-refractivity contribution is 9.10. The minimum absolute atomic E-state index is 0.147. The summed E-state index contributed by atoms with van der Waals surface area (Å²) in [5.41, 5.74) is 7.01. The standard InChI is InChI=1S/C11H11BrClN3/c12-7-1-2-8(9(13)5-7)10(14)6-11-15-3-4-16-11/h1-5,10H,6,14H2,(H,15,16). The first kappa shape index (κ1) is 11.6. The van der Waals surface area contributed by atoms with Crippen molar-refractivity contribution in [1.82, 2.24) is 9.97 Å². The predicted molar refractivity (Wildman–Crippen MR) is 68.4 cm³/mol. The summed E-state index contributed by atoms with van der Waals surface area (Å²) < 4.78 is 0.950.